The maximum absolute atomic E-state index is 10.2. The first-order valence-corrected chi connectivity index (χ1v) is 6.87. The molecule has 0 aliphatic rings. The summed E-state index contributed by atoms with van der Waals surface area (Å²) in [4.78, 5) is 4.23. The molecule has 16 heavy (non-hydrogen) atoms. The molecule has 0 amide bonds. The molecule has 0 aromatic carbocycles. The Balaban J connectivity index is 2.89. The van der Waals surface area contributed by atoms with Gasteiger partial charge in [0.2, 0.25) is 0 Å². The number of nitrogens with two attached hydrogens (primary N) is 1. The summed E-state index contributed by atoms with van der Waals surface area (Å²) in [5.41, 5.74) is 6.32. The molecule has 2 atom stereocenters. The van der Waals surface area contributed by atoms with Crippen molar-refractivity contribution in [3.8, 4) is 0 Å². The Morgan fingerprint density at radius 2 is 2.19 bits per heavy atom. The molecule has 2 unspecified atom stereocenters. The van der Waals surface area contributed by atoms with Crippen molar-refractivity contribution in [1.82, 2.24) is 4.98 Å². The van der Waals surface area contributed by atoms with Crippen LogP contribution in [0.3, 0.4) is 0 Å². The smallest absolute Gasteiger partial charge is 0.101 e. The fourth-order valence-electron chi connectivity index (χ4n) is 1.64. The van der Waals surface area contributed by atoms with Crippen LogP contribution >= 0.6 is 31.9 Å². The molecule has 0 aliphatic carbocycles. The maximum atomic E-state index is 10.2. The summed E-state index contributed by atoms with van der Waals surface area (Å²) in [5.74, 6) is 0.0648. The molecular weight excluding hydrogens is 336 g/mol. The quantitative estimate of drug-likeness (QED) is 0.857. The molecule has 0 saturated heterocycles. The van der Waals surface area contributed by atoms with Gasteiger partial charge in [-0.05, 0) is 50.9 Å². The van der Waals surface area contributed by atoms with E-state index in [2.05, 4.69) is 43.8 Å². The van der Waals surface area contributed by atoms with Gasteiger partial charge in [0.25, 0.3) is 0 Å². The van der Waals surface area contributed by atoms with Gasteiger partial charge in [0, 0.05) is 21.1 Å². The van der Waals surface area contributed by atoms with Gasteiger partial charge in [-0.3, -0.25) is 4.98 Å². The number of halogens is 2. The fraction of sp³-hybridized carbons (Fsp3) is 0.545. The van der Waals surface area contributed by atoms with E-state index in [1.807, 2.05) is 6.07 Å². The van der Waals surface area contributed by atoms with Crippen molar-refractivity contribution in [1.29, 1.82) is 0 Å². The van der Waals surface area contributed by atoms with Gasteiger partial charge in [0.05, 0.1) is 5.69 Å². The molecular formula is C11H16Br2N2O. The first-order valence-electron chi connectivity index (χ1n) is 5.29. The first-order chi connectivity index (χ1) is 7.60. The van der Waals surface area contributed by atoms with Crippen molar-refractivity contribution < 1.29 is 5.11 Å². The number of hydrogen-bond donors (Lipinski definition) is 2. The van der Waals surface area contributed by atoms with E-state index >= 15 is 0 Å². The van der Waals surface area contributed by atoms with E-state index in [1.54, 1.807) is 6.20 Å². The van der Waals surface area contributed by atoms with Crippen molar-refractivity contribution in [2.45, 2.75) is 25.9 Å². The van der Waals surface area contributed by atoms with Crippen LogP contribution in [0.4, 0.5) is 0 Å². The Bertz CT molecular complexity index is 347. The second-order valence-corrected chi connectivity index (χ2v) is 5.52. The predicted molar refractivity (Wildman–Crippen MR) is 72.0 cm³/mol. The summed E-state index contributed by atoms with van der Waals surface area (Å²) >= 11 is 6.73. The van der Waals surface area contributed by atoms with Gasteiger partial charge < -0.3 is 10.8 Å². The number of nitrogens with zero attached hydrogens (tertiary/aromatic N) is 1. The Morgan fingerprint density at radius 1 is 1.50 bits per heavy atom. The average Bonchev–Trinajstić information content (AvgIpc) is 2.25. The zero-order chi connectivity index (χ0) is 12.1. The normalized spacial score (nSPS) is 14.8. The second-order valence-electron chi connectivity index (χ2n) is 3.75. The van der Waals surface area contributed by atoms with E-state index in [0.29, 0.717) is 12.2 Å². The second kappa shape index (κ2) is 6.69. The molecule has 3 nitrogen and oxygen atoms in total. The van der Waals surface area contributed by atoms with Gasteiger partial charge in [0.15, 0.2) is 0 Å². The van der Waals surface area contributed by atoms with Crippen molar-refractivity contribution >= 4 is 31.9 Å². The first kappa shape index (κ1) is 14.1. The standard InChI is InChI=1S/C11H16Br2N2O/c1-2-3-7(5-14)11(16)10-9(13)4-8(12)6-15-10/h4,6-7,11,16H,2-3,5,14H2,1H3. The zero-order valence-electron chi connectivity index (χ0n) is 9.16. The summed E-state index contributed by atoms with van der Waals surface area (Å²) in [5, 5.41) is 10.2. The summed E-state index contributed by atoms with van der Waals surface area (Å²) in [6.45, 7) is 2.55. The molecule has 0 saturated carbocycles. The Kier molecular flexibility index (Phi) is 5.89. The maximum Gasteiger partial charge on any atom is 0.101 e. The predicted octanol–water partition coefficient (Wildman–Crippen LogP) is 3.02. The molecule has 3 N–H and O–H groups in total. The average molecular weight is 352 g/mol. The van der Waals surface area contributed by atoms with Crippen LogP contribution in [0.2, 0.25) is 0 Å². The lowest BCUT2D eigenvalue weighted by Crippen LogP contribution is -2.22. The van der Waals surface area contributed by atoms with Gasteiger partial charge in [-0.2, -0.15) is 0 Å². The van der Waals surface area contributed by atoms with Crippen LogP contribution in [-0.2, 0) is 0 Å². The molecule has 0 spiro atoms. The highest BCUT2D eigenvalue weighted by Gasteiger charge is 2.22. The lowest BCUT2D eigenvalue weighted by Gasteiger charge is -2.21. The minimum atomic E-state index is -0.604. The SMILES string of the molecule is CCCC(CN)C(O)c1ncc(Br)cc1Br. The topological polar surface area (TPSA) is 59.1 Å². The van der Waals surface area contributed by atoms with Crippen LogP contribution < -0.4 is 5.73 Å². The highest BCUT2D eigenvalue weighted by Crippen LogP contribution is 2.30. The minimum Gasteiger partial charge on any atom is -0.386 e. The van der Waals surface area contributed by atoms with Crippen LogP contribution in [0.1, 0.15) is 31.6 Å². The van der Waals surface area contributed by atoms with Gasteiger partial charge in [-0.15, -0.1) is 0 Å². The summed E-state index contributed by atoms with van der Waals surface area (Å²) in [7, 11) is 0. The number of aromatic nitrogens is 1. The van der Waals surface area contributed by atoms with Crippen molar-refractivity contribution in [3.05, 3.63) is 26.9 Å². The van der Waals surface area contributed by atoms with E-state index in [9.17, 15) is 5.11 Å². The van der Waals surface area contributed by atoms with Gasteiger partial charge in [-0.1, -0.05) is 13.3 Å². The van der Waals surface area contributed by atoms with E-state index in [4.69, 9.17) is 5.73 Å². The lowest BCUT2D eigenvalue weighted by atomic mass is 9.95. The van der Waals surface area contributed by atoms with Crippen LogP contribution in [0, 0.1) is 5.92 Å². The van der Waals surface area contributed by atoms with Crippen LogP contribution in [0.15, 0.2) is 21.2 Å². The molecule has 5 heteroatoms. The summed E-state index contributed by atoms with van der Waals surface area (Å²) < 4.78 is 1.69. The zero-order valence-corrected chi connectivity index (χ0v) is 12.3. The molecule has 1 heterocycles. The third kappa shape index (κ3) is 3.52. The minimum absolute atomic E-state index is 0.0648. The monoisotopic (exact) mass is 350 g/mol. The Hall–Kier alpha value is 0.0300. The third-order valence-electron chi connectivity index (χ3n) is 2.53. The Morgan fingerprint density at radius 3 is 2.69 bits per heavy atom. The van der Waals surface area contributed by atoms with Gasteiger partial charge in [-0.25, -0.2) is 0 Å². The summed E-state index contributed by atoms with van der Waals surface area (Å²) in [6, 6.07) is 1.88. The van der Waals surface area contributed by atoms with Crippen LogP contribution in [0.25, 0.3) is 0 Å². The Labute approximate surface area is 113 Å². The van der Waals surface area contributed by atoms with Crippen molar-refractivity contribution in [2.24, 2.45) is 11.7 Å². The number of rotatable bonds is 5. The summed E-state index contributed by atoms with van der Waals surface area (Å²) in [6.07, 6.45) is 2.99. The fourth-order valence-corrected chi connectivity index (χ4v) is 2.86. The molecule has 1 rings (SSSR count). The van der Waals surface area contributed by atoms with Crippen LogP contribution in [0.5, 0.6) is 0 Å². The highest BCUT2D eigenvalue weighted by molar-refractivity contribution is 9.11. The molecule has 1 aromatic heterocycles. The molecule has 0 radical (unpaired) electrons. The van der Waals surface area contributed by atoms with Crippen molar-refractivity contribution in [3.63, 3.8) is 0 Å². The number of pyridine rings is 1. The number of aliphatic hydroxyl groups excluding tert-OH is 1. The van der Waals surface area contributed by atoms with Crippen LogP contribution in [-0.4, -0.2) is 16.6 Å². The highest BCUT2D eigenvalue weighted by atomic mass is 79.9. The van der Waals surface area contributed by atoms with E-state index in [0.717, 1.165) is 21.8 Å². The van der Waals surface area contributed by atoms with Crippen molar-refractivity contribution in [2.75, 3.05) is 6.54 Å². The third-order valence-corrected chi connectivity index (χ3v) is 3.59. The van der Waals surface area contributed by atoms with E-state index < -0.39 is 6.10 Å². The van der Waals surface area contributed by atoms with Gasteiger partial charge in [0.1, 0.15) is 6.10 Å². The largest absolute Gasteiger partial charge is 0.386 e. The number of hydrogen-bond acceptors (Lipinski definition) is 3. The molecule has 0 fully saturated rings. The number of aliphatic hydroxyl groups is 1. The van der Waals surface area contributed by atoms with E-state index in [-0.39, 0.29) is 5.92 Å². The van der Waals surface area contributed by atoms with Gasteiger partial charge >= 0.3 is 0 Å². The molecule has 0 aliphatic heterocycles. The van der Waals surface area contributed by atoms with E-state index in [1.165, 1.54) is 0 Å². The molecule has 0 bridgehead atoms. The molecule has 1 aromatic rings. The molecule has 90 valence electrons. The lowest BCUT2D eigenvalue weighted by molar-refractivity contribution is 0.102.